The molecular formula is C52H35NO. The second-order valence-corrected chi connectivity index (χ2v) is 13.7. The van der Waals surface area contributed by atoms with Crippen molar-refractivity contribution in [3.63, 3.8) is 0 Å². The zero-order valence-corrected chi connectivity index (χ0v) is 29.6. The first kappa shape index (κ1) is 31.6. The molecule has 1 aromatic heterocycles. The largest absolute Gasteiger partial charge is 0.456 e. The number of rotatable bonds is 7. The summed E-state index contributed by atoms with van der Waals surface area (Å²) in [5, 5.41) is 4.75. The summed E-state index contributed by atoms with van der Waals surface area (Å²) in [6, 6.07) is 75.9. The van der Waals surface area contributed by atoms with Crippen LogP contribution in [0.1, 0.15) is 0 Å². The Labute approximate surface area is 314 Å². The first-order valence-electron chi connectivity index (χ1n) is 18.4. The average molecular weight is 690 g/mol. The number of hydrogen-bond donors (Lipinski definition) is 0. The van der Waals surface area contributed by atoms with Gasteiger partial charge in [0.15, 0.2) is 0 Å². The van der Waals surface area contributed by atoms with Crippen LogP contribution in [-0.4, -0.2) is 0 Å². The summed E-state index contributed by atoms with van der Waals surface area (Å²) in [6.07, 6.45) is 0. The van der Waals surface area contributed by atoms with E-state index in [9.17, 15) is 0 Å². The molecule has 10 rings (SSSR count). The minimum atomic E-state index is 0.885. The molecule has 0 N–H and O–H groups in total. The van der Waals surface area contributed by atoms with Crippen LogP contribution in [0.15, 0.2) is 217 Å². The molecular weight excluding hydrogens is 655 g/mol. The highest BCUT2D eigenvalue weighted by atomic mass is 16.3. The SMILES string of the molecule is c1ccc(-c2ccccc2N(c2ccc(-c3ccc(-c4ccc5ccccc5c4)cc3)cc2)c2ccccc2-c2cccc3oc4ccccc4c23)cc1. The van der Waals surface area contributed by atoms with Gasteiger partial charge in [-0.3, -0.25) is 0 Å². The minimum Gasteiger partial charge on any atom is -0.456 e. The topological polar surface area (TPSA) is 16.4 Å². The van der Waals surface area contributed by atoms with Gasteiger partial charge < -0.3 is 9.32 Å². The van der Waals surface area contributed by atoms with E-state index in [1.165, 1.54) is 38.6 Å². The van der Waals surface area contributed by atoms with E-state index in [4.69, 9.17) is 4.42 Å². The molecule has 2 nitrogen and oxygen atoms in total. The number of para-hydroxylation sites is 3. The van der Waals surface area contributed by atoms with Crippen molar-refractivity contribution in [2.45, 2.75) is 0 Å². The summed E-state index contributed by atoms with van der Waals surface area (Å²) in [5.41, 5.74) is 14.4. The first-order valence-corrected chi connectivity index (χ1v) is 18.4. The maximum atomic E-state index is 6.35. The fraction of sp³-hybridized carbons (Fsp3) is 0. The maximum absolute atomic E-state index is 6.35. The average Bonchev–Trinajstić information content (AvgIpc) is 3.64. The molecule has 0 radical (unpaired) electrons. The Morgan fingerprint density at radius 1 is 0.315 bits per heavy atom. The van der Waals surface area contributed by atoms with Crippen molar-refractivity contribution < 1.29 is 4.42 Å². The van der Waals surface area contributed by atoms with Gasteiger partial charge in [0.2, 0.25) is 0 Å². The molecule has 0 amide bonds. The molecule has 254 valence electrons. The lowest BCUT2D eigenvalue weighted by atomic mass is 9.95. The molecule has 0 unspecified atom stereocenters. The Morgan fingerprint density at radius 2 is 0.852 bits per heavy atom. The Balaban J connectivity index is 1.10. The zero-order valence-electron chi connectivity index (χ0n) is 29.6. The van der Waals surface area contributed by atoms with Crippen LogP contribution >= 0.6 is 0 Å². The normalized spacial score (nSPS) is 11.3. The van der Waals surface area contributed by atoms with Gasteiger partial charge in [0.05, 0.1) is 11.4 Å². The van der Waals surface area contributed by atoms with Crippen LogP contribution in [0.5, 0.6) is 0 Å². The summed E-state index contributed by atoms with van der Waals surface area (Å²) in [4.78, 5) is 2.41. The van der Waals surface area contributed by atoms with E-state index < -0.39 is 0 Å². The van der Waals surface area contributed by atoms with Gasteiger partial charge >= 0.3 is 0 Å². The minimum absolute atomic E-state index is 0.885. The van der Waals surface area contributed by atoms with Crippen LogP contribution in [0.2, 0.25) is 0 Å². The lowest BCUT2D eigenvalue weighted by molar-refractivity contribution is 0.669. The Kier molecular flexibility index (Phi) is 7.85. The van der Waals surface area contributed by atoms with Gasteiger partial charge in [0, 0.05) is 27.6 Å². The molecule has 0 atom stereocenters. The fourth-order valence-electron chi connectivity index (χ4n) is 7.86. The molecule has 0 fully saturated rings. The summed E-state index contributed by atoms with van der Waals surface area (Å²) in [6.45, 7) is 0. The van der Waals surface area contributed by atoms with Gasteiger partial charge in [-0.2, -0.15) is 0 Å². The van der Waals surface area contributed by atoms with Gasteiger partial charge in [0.1, 0.15) is 11.2 Å². The number of fused-ring (bicyclic) bond motifs is 4. The Hall–Kier alpha value is -7.16. The number of hydrogen-bond acceptors (Lipinski definition) is 2. The monoisotopic (exact) mass is 689 g/mol. The molecule has 0 aliphatic rings. The van der Waals surface area contributed by atoms with Crippen LogP contribution in [0.25, 0.3) is 77.2 Å². The fourth-order valence-corrected chi connectivity index (χ4v) is 7.86. The second-order valence-electron chi connectivity index (χ2n) is 13.7. The molecule has 0 saturated carbocycles. The van der Waals surface area contributed by atoms with E-state index in [0.717, 1.165) is 55.7 Å². The van der Waals surface area contributed by atoms with Crippen LogP contribution in [-0.2, 0) is 0 Å². The summed E-state index contributed by atoms with van der Waals surface area (Å²) in [7, 11) is 0. The maximum Gasteiger partial charge on any atom is 0.136 e. The van der Waals surface area contributed by atoms with Gasteiger partial charge in [-0.25, -0.2) is 0 Å². The predicted octanol–water partition coefficient (Wildman–Crippen LogP) is 14.9. The van der Waals surface area contributed by atoms with Crippen molar-refractivity contribution >= 4 is 49.8 Å². The molecule has 0 aliphatic heterocycles. The van der Waals surface area contributed by atoms with Gasteiger partial charge in [0.25, 0.3) is 0 Å². The molecule has 0 saturated heterocycles. The molecule has 0 aliphatic carbocycles. The molecule has 0 bridgehead atoms. The number of furan rings is 1. The smallest absolute Gasteiger partial charge is 0.136 e. The third-order valence-electron chi connectivity index (χ3n) is 10.5. The third kappa shape index (κ3) is 5.62. The first-order chi connectivity index (χ1) is 26.8. The summed E-state index contributed by atoms with van der Waals surface area (Å²) in [5.74, 6) is 0. The standard InChI is InChI=1S/C52H35NO/c1-2-14-40(15-3-1)44-17-6-9-21-48(44)53(49-22-10-7-18-45(49)46-20-12-24-51-52(46)47-19-8-11-23-50(47)54-51)43-33-31-38(32-34-43)37-25-27-39(28-26-37)42-30-29-36-13-4-5-16-41(36)35-42/h1-35H. The molecule has 1 heterocycles. The summed E-state index contributed by atoms with van der Waals surface area (Å²) < 4.78 is 6.35. The van der Waals surface area contributed by atoms with Crippen LogP contribution in [0, 0.1) is 0 Å². The zero-order chi connectivity index (χ0) is 35.8. The summed E-state index contributed by atoms with van der Waals surface area (Å²) >= 11 is 0. The van der Waals surface area contributed by atoms with Gasteiger partial charge in [-0.05, 0) is 86.6 Å². The highest BCUT2D eigenvalue weighted by molar-refractivity contribution is 6.14. The molecule has 54 heavy (non-hydrogen) atoms. The van der Waals surface area contributed by atoms with E-state index >= 15 is 0 Å². The van der Waals surface area contributed by atoms with E-state index in [2.05, 4.69) is 205 Å². The van der Waals surface area contributed by atoms with E-state index in [0.29, 0.717) is 0 Å². The second kappa shape index (κ2) is 13.4. The van der Waals surface area contributed by atoms with E-state index in [1.54, 1.807) is 0 Å². The van der Waals surface area contributed by atoms with Crippen molar-refractivity contribution in [3.8, 4) is 44.5 Å². The van der Waals surface area contributed by atoms with Crippen molar-refractivity contribution in [1.29, 1.82) is 0 Å². The lowest BCUT2D eigenvalue weighted by Crippen LogP contribution is -2.12. The molecule has 10 aromatic rings. The molecule has 9 aromatic carbocycles. The van der Waals surface area contributed by atoms with Crippen molar-refractivity contribution in [2.24, 2.45) is 0 Å². The number of nitrogens with zero attached hydrogens (tertiary/aromatic N) is 1. The van der Waals surface area contributed by atoms with E-state index in [1.807, 2.05) is 12.1 Å². The van der Waals surface area contributed by atoms with Gasteiger partial charge in [-0.1, -0.05) is 170 Å². The quantitative estimate of drug-likeness (QED) is 0.166. The highest BCUT2D eigenvalue weighted by Gasteiger charge is 2.22. The molecule has 0 spiro atoms. The predicted molar refractivity (Wildman–Crippen MR) is 228 cm³/mol. The highest BCUT2D eigenvalue weighted by Crippen LogP contribution is 2.47. The van der Waals surface area contributed by atoms with Crippen molar-refractivity contribution in [1.82, 2.24) is 0 Å². The van der Waals surface area contributed by atoms with Crippen LogP contribution < -0.4 is 4.90 Å². The van der Waals surface area contributed by atoms with Crippen molar-refractivity contribution in [2.75, 3.05) is 4.90 Å². The van der Waals surface area contributed by atoms with Crippen LogP contribution in [0.4, 0.5) is 17.1 Å². The van der Waals surface area contributed by atoms with E-state index in [-0.39, 0.29) is 0 Å². The number of benzene rings is 9. The number of anilines is 3. The molecule has 2 heteroatoms. The van der Waals surface area contributed by atoms with Crippen LogP contribution in [0.3, 0.4) is 0 Å². The third-order valence-corrected chi connectivity index (χ3v) is 10.5. The Bertz CT molecular complexity index is 2920. The lowest BCUT2D eigenvalue weighted by Gasteiger charge is -2.30. The van der Waals surface area contributed by atoms with Gasteiger partial charge in [-0.15, -0.1) is 0 Å². The van der Waals surface area contributed by atoms with Crippen molar-refractivity contribution in [3.05, 3.63) is 212 Å². The Morgan fingerprint density at radius 3 is 1.63 bits per heavy atom.